The molecule has 0 fully saturated rings. The Kier molecular flexibility index (Phi) is 3.37. The normalized spacial score (nSPS) is 12.9. The molecule has 0 aliphatic carbocycles. The lowest BCUT2D eigenvalue weighted by atomic mass is 10.0. The zero-order valence-electron chi connectivity index (χ0n) is 7.68. The molecule has 1 atom stereocenters. The molecule has 0 spiro atoms. The fourth-order valence-electron chi connectivity index (χ4n) is 1.24. The van der Waals surface area contributed by atoms with E-state index in [0.717, 1.165) is 6.07 Å². The highest BCUT2D eigenvalue weighted by atomic mass is 19.2. The molecular formula is C10H12F2O. The fourth-order valence-corrected chi connectivity index (χ4v) is 1.24. The Morgan fingerprint density at radius 2 is 2.08 bits per heavy atom. The summed E-state index contributed by atoms with van der Waals surface area (Å²) in [6.07, 6.45) is 0. The van der Waals surface area contributed by atoms with Crippen LogP contribution in [0.4, 0.5) is 8.78 Å². The number of hydrogen-bond donors (Lipinski definition) is 0. The lowest BCUT2D eigenvalue weighted by Crippen LogP contribution is -2.05. The summed E-state index contributed by atoms with van der Waals surface area (Å²) in [5, 5.41) is 0. The zero-order chi connectivity index (χ0) is 9.84. The van der Waals surface area contributed by atoms with Gasteiger partial charge in [-0.25, -0.2) is 8.78 Å². The number of benzene rings is 1. The van der Waals surface area contributed by atoms with E-state index >= 15 is 0 Å². The molecule has 1 aromatic carbocycles. The monoisotopic (exact) mass is 186 g/mol. The highest BCUT2D eigenvalue weighted by molar-refractivity contribution is 5.22. The van der Waals surface area contributed by atoms with Crippen LogP contribution in [0.25, 0.3) is 0 Å². The van der Waals surface area contributed by atoms with E-state index in [0.29, 0.717) is 12.2 Å². The number of rotatable bonds is 3. The summed E-state index contributed by atoms with van der Waals surface area (Å²) in [5.74, 6) is -1.70. The van der Waals surface area contributed by atoms with Gasteiger partial charge in [0.1, 0.15) is 0 Å². The van der Waals surface area contributed by atoms with Crippen molar-refractivity contribution in [2.45, 2.75) is 12.8 Å². The molecule has 1 aromatic rings. The Morgan fingerprint density at radius 1 is 1.38 bits per heavy atom. The second-order valence-electron chi connectivity index (χ2n) is 3.00. The average molecular weight is 186 g/mol. The predicted molar refractivity (Wildman–Crippen MR) is 46.6 cm³/mol. The molecule has 13 heavy (non-hydrogen) atoms. The van der Waals surface area contributed by atoms with Crippen molar-refractivity contribution in [1.29, 1.82) is 0 Å². The largest absolute Gasteiger partial charge is 0.384 e. The SMILES string of the molecule is COCC(C)c1cccc(F)c1F. The summed E-state index contributed by atoms with van der Waals surface area (Å²) in [6, 6.07) is 4.18. The van der Waals surface area contributed by atoms with E-state index in [9.17, 15) is 8.78 Å². The van der Waals surface area contributed by atoms with Crippen LogP contribution in [0, 0.1) is 11.6 Å². The molecule has 72 valence electrons. The quantitative estimate of drug-likeness (QED) is 0.705. The van der Waals surface area contributed by atoms with E-state index in [1.807, 2.05) is 0 Å². The van der Waals surface area contributed by atoms with Crippen LogP contribution >= 0.6 is 0 Å². The molecule has 0 bridgehead atoms. The van der Waals surface area contributed by atoms with Gasteiger partial charge in [0.2, 0.25) is 0 Å². The van der Waals surface area contributed by atoms with Crippen molar-refractivity contribution < 1.29 is 13.5 Å². The standard InChI is InChI=1S/C10H12F2O/c1-7(6-13-2)8-4-3-5-9(11)10(8)12/h3-5,7H,6H2,1-2H3. The van der Waals surface area contributed by atoms with Crippen molar-refractivity contribution in [2.24, 2.45) is 0 Å². The van der Waals surface area contributed by atoms with Crippen LogP contribution in [-0.4, -0.2) is 13.7 Å². The average Bonchev–Trinajstić information content (AvgIpc) is 2.10. The highest BCUT2D eigenvalue weighted by Crippen LogP contribution is 2.20. The first kappa shape index (κ1) is 10.1. The predicted octanol–water partition coefficient (Wildman–Crippen LogP) is 2.71. The number of methoxy groups -OCH3 is 1. The summed E-state index contributed by atoms with van der Waals surface area (Å²) >= 11 is 0. The summed E-state index contributed by atoms with van der Waals surface area (Å²) in [5.41, 5.74) is 0.363. The third-order valence-corrected chi connectivity index (χ3v) is 1.93. The minimum atomic E-state index is -0.805. The molecule has 0 radical (unpaired) electrons. The molecule has 0 aliphatic rings. The van der Waals surface area contributed by atoms with Gasteiger partial charge < -0.3 is 4.74 Å². The summed E-state index contributed by atoms with van der Waals surface area (Å²) < 4.78 is 30.8. The lowest BCUT2D eigenvalue weighted by molar-refractivity contribution is 0.182. The van der Waals surface area contributed by atoms with Crippen LogP contribution in [-0.2, 0) is 4.74 Å². The molecule has 0 aromatic heterocycles. The maximum atomic E-state index is 13.1. The molecule has 3 heteroatoms. The van der Waals surface area contributed by atoms with Gasteiger partial charge in [0, 0.05) is 13.0 Å². The van der Waals surface area contributed by atoms with E-state index in [1.165, 1.54) is 13.2 Å². The van der Waals surface area contributed by atoms with Crippen molar-refractivity contribution in [3.63, 3.8) is 0 Å². The molecule has 1 nitrogen and oxygen atoms in total. The van der Waals surface area contributed by atoms with E-state index < -0.39 is 11.6 Å². The minimum Gasteiger partial charge on any atom is -0.384 e. The van der Waals surface area contributed by atoms with E-state index in [2.05, 4.69) is 0 Å². The van der Waals surface area contributed by atoms with Crippen molar-refractivity contribution in [1.82, 2.24) is 0 Å². The molecule has 0 heterocycles. The van der Waals surface area contributed by atoms with E-state index in [4.69, 9.17) is 4.74 Å². The summed E-state index contributed by atoms with van der Waals surface area (Å²) in [6.45, 7) is 2.18. The Morgan fingerprint density at radius 3 is 2.69 bits per heavy atom. The van der Waals surface area contributed by atoms with Gasteiger partial charge in [-0.3, -0.25) is 0 Å². The molecule has 0 N–H and O–H groups in total. The first-order chi connectivity index (χ1) is 6.16. The Hall–Kier alpha value is -0.960. The van der Waals surface area contributed by atoms with Gasteiger partial charge in [-0.05, 0) is 11.6 Å². The van der Waals surface area contributed by atoms with Crippen molar-refractivity contribution in [3.05, 3.63) is 35.4 Å². The third kappa shape index (κ3) is 2.25. The van der Waals surface area contributed by atoms with Crippen LogP contribution in [0.15, 0.2) is 18.2 Å². The van der Waals surface area contributed by atoms with Crippen LogP contribution in [0.2, 0.25) is 0 Å². The highest BCUT2D eigenvalue weighted by Gasteiger charge is 2.13. The van der Waals surface area contributed by atoms with Crippen molar-refractivity contribution in [3.8, 4) is 0 Å². The molecule has 0 amide bonds. The van der Waals surface area contributed by atoms with E-state index in [1.54, 1.807) is 13.0 Å². The topological polar surface area (TPSA) is 9.23 Å². The Balaban J connectivity index is 2.93. The second-order valence-corrected chi connectivity index (χ2v) is 3.00. The fraction of sp³-hybridized carbons (Fsp3) is 0.400. The number of ether oxygens (including phenoxy) is 1. The molecule has 1 unspecified atom stereocenters. The summed E-state index contributed by atoms with van der Waals surface area (Å²) in [7, 11) is 1.54. The van der Waals surface area contributed by atoms with Crippen LogP contribution in [0.1, 0.15) is 18.4 Å². The summed E-state index contributed by atoms with van der Waals surface area (Å²) in [4.78, 5) is 0. The van der Waals surface area contributed by atoms with Gasteiger partial charge in [0.15, 0.2) is 11.6 Å². The Bertz CT molecular complexity index is 286. The van der Waals surface area contributed by atoms with E-state index in [-0.39, 0.29) is 5.92 Å². The molecule has 0 aliphatic heterocycles. The third-order valence-electron chi connectivity index (χ3n) is 1.93. The zero-order valence-corrected chi connectivity index (χ0v) is 7.68. The van der Waals surface area contributed by atoms with Crippen molar-refractivity contribution >= 4 is 0 Å². The first-order valence-corrected chi connectivity index (χ1v) is 4.09. The second kappa shape index (κ2) is 4.33. The van der Waals surface area contributed by atoms with Crippen molar-refractivity contribution in [2.75, 3.05) is 13.7 Å². The minimum absolute atomic E-state index is 0.124. The van der Waals surface area contributed by atoms with Gasteiger partial charge >= 0.3 is 0 Å². The lowest BCUT2D eigenvalue weighted by Gasteiger charge is -2.11. The molecule has 0 saturated heterocycles. The maximum Gasteiger partial charge on any atom is 0.162 e. The van der Waals surface area contributed by atoms with Crippen LogP contribution in [0.5, 0.6) is 0 Å². The number of hydrogen-bond acceptors (Lipinski definition) is 1. The number of halogens is 2. The molecule has 0 saturated carbocycles. The van der Waals surface area contributed by atoms with Gasteiger partial charge in [0.05, 0.1) is 6.61 Å². The Labute approximate surface area is 76.3 Å². The first-order valence-electron chi connectivity index (χ1n) is 4.09. The smallest absolute Gasteiger partial charge is 0.162 e. The van der Waals surface area contributed by atoms with Gasteiger partial charge in [0.25, 0.3) is 0 Å². The van der Waals surface area contributed by atoms with Gasteiger partial charge in [-0.1, -0.05) is 19.1 Å². The van der Waals surface area contributed by atoms with Gasteiger partial charge in [-0.15, -0.1) is 0 Å². The van der Waals surface area contributed by atoms with Crippen LogP contribution < -0.4 is 0 Å². The van der Waals surface area contributed by atoms with Gasteiger partial charge in [-0.2, -0.15) is 0 Å². The maximum absolute atomic E-state index is 13.1. The molecule has 1 rings (SSSR count). The van der Waals surface area contributed by atoms with Crippen LogP contribution in [0.3, 0.4) is 0 Å². The molecular weight excluding hydrogens is 174 g/mol.